The number of unbranched alkanes of at least 4 members (excludes halogenated alkanes) is 1. The van der Waals surface area contributed by atoms with Crippen molar-refractivity contribution in [3.8, 4) is 0 Å². The summed E-state index contributed by atoms with van der Waals surface area (Å²) in [5.74, 6) is 0.857. The van der Waals surface area contributed by atoms with Crippen LogP contribution in [0.2, 0.25) is 0 Å². The van der Waals surface area contributed by atoms with Crippen LogP contribution in [0.25, 0.3) is 0 Å². The van der Waals surface area contributed by atoms with E-state index in [1.807, 2.05) is 0 Å². The summed E-state index contributed by atoms with van der Waals surface area (Å²) in [7, 11) is 0. The maximum atomic E-state index is 6.04. The first kappa shape index (κ1) is 16.0. The van der Waals surface area contributed by atoms with E-state index < -0.39 is 0 Å². The van der Waals surface area contributed by atoms with E-state index in [0.29, 0.717) is 6.04 Å². The molecule has 1 saturated heterocycles. The van der Waals surface area contributed by atoms with E-state index in [9.17, 15) is 0 Å². The van der Waals surface area contributed by atoms with Gasteiger partial charge in [0.25, 0.3) is 0 Å². The molecule has 0 saturated carbocycles. The van der Waals surface area contributed by atoms with Crippen LogP contribution < -0.4 is 5.32 Å². The number of likely N-dealkylation sites (N-methyl/N-ethyl adjacent to an activating group) is 1. The van der Waals surface area contributed by atoms with Crippen molar-refractivity contribution in [2.75, 3.05) is 13.2 Å². The second kappa shape index (κ2) is 8.16. The zero-order chi connectivity index (χ0) is 13.4. The van der Waals surface area contributed by atoms with Gasteiger partial charge in [-0.3, -0.25) is 0 Å². The van der Waals surface area contributed by atoms with E-state index in [2.05, 4.69) is 33.0 Å². The second-order valence-electron chi connectivity index (χ2n) is 6.03. The van der Waals surface area contributed by atoms with E-state index in [4.69, 9.17) is 4.74 Å². The van der Waals surface area contributed by atoms with E-state index in [0.717, 1.165) is 19.1 Å². The summed E-state index contributed by atoms with van der Waals surface area (Å²) in [5.41, 5.74) is 0.0790. The molecule has 0 aromatic heterocycles. The summed E-state index contributed by atoms with van der Waals surface area (Å²) in [6.07, 6.45) is 9.09. The van der Waals surface area contributed by atoms with Crippen LogP contribution in [0.1, 0.15) is 72.6 Å². The molecule has 0 aromatic carbocycles. The van der Waals surface area contributed by atoms with Crippen molar-refractivity contribution in [2.45, 2.75) is 84.3 Å². The molecule has 1 heterocycles. The first-order valence-corrected chi connectivity index (χ1v) is 8.03. The highest BCUT2D eigenvalue weighted by molar-refractivity contribution is 4.93. The van der Waals surface area contributed by atoms with Gasteiger partial charge in [0.05, 0.1) is 5.60 Å². The second-order valence-corrected chi connectivity index (χ2v) is 6.03. The third-order valence-corrected chi connectivity index (χ3v) is 4.55. The Hall–Kier alpha value is -0.0800. The molecule has 2 heteroatoms. The predicted molar refractivity (Wildman–Crippen MR) is 79.0 cm³/mol. The minimum absolute atomic E-state index is 0.0790. The summed E-state index contributed by atoms with van der Waals surface area (Å²) >= 11 is 0. The molecule has 108 valence electrons. The van der Waals surface area contributed by atoms with E-state index in [1.165, 1.54) is 44.9 Å². The van der Waals surface area contributed by atoms with Crippen LogP contribution in [-0.4, -0.2) is 24.8 Å². The van der Waals surface area contributed by atoms with Crippen LogP contribution in [0.5, 0.6) is 0 Å². The van der Waals surface area contributed by atoms with Crippen molar-refractivity contribution >= 4 is 0 Å². The monoisotopic (exact) mass is 255 g/mol. The molecule has 0 aliphatic carbocycles. The molecule has 1 rings (SSSR count). The highest BCUT2D eigenvalue weighted by atomic mass is 16.5. The third kappa shape index (κ3) is 4.55. The van der Waals surface area contributed by atoms with Crippen molar-refractivity contribution in [1.82, 2.24) is 5.32 Å². The Kier molecular flexibility index (Phi) is 7.25. The summed E-state index contributed by atoms with van der Waals surface area (Å²) < 4.78 is 6.04. The zero-order valence-electron chi connectivity index (χ0n) is 12.9. The van der Waals surface area contributed by atoms with Crippen molar-refractivity contribution in [3.05, 3.63) is 0 Å². The standard InChI is InChI=1S/C16H33NO/c1-5-8-10-14(6-2)13-15(17-7-3)16(4)11-9-12-18-16/h14-15,17H,5-13H2,1-4H3. The van der Waals surface area contributed by atoms with E-state index in [-0.39, 0.29) is 5.60 Å². The van der Waals surface area contributed by atoms with Gasteiger partial charge in [-0.25, -0.2) is 0 Å². The molecule has 0 aromatic rings. The molecule has 0 bridgehead atoms. The van der Waals surface area contributed by atoms with Crippen LogP contribution >= 0.6 is 0 Å². The number of nitrogens with one attached hydrogen (secondary N) is 1. The molecule has 0 spiro atoms. The molecule has 3 atom stereocenters. The SMILES string of the molecule is CCCCC(CC)CC(NCC)C1(C)CCCO1. The number of hydrogen-bond donors (Lipinski definition) is 1. The quantitative estimate of drug-likeness (QED) is 0.668. The number of hydrogen-bond acceptors (Lipinski definition) is 2. The van der Waals surface area contributed by atoms with Gasteiger partial charge in [-0.15, -0.1) is 0 Å². The lowest BCUT2D eigenvalue weighted by atomic mass is 9.83. The fraction of sp³-hybridized carbons (Fsp3) is 1.00. The first-order valence-electron chi connectivity index (χ1n) is 8.03. The average molecular weight is 255 g/mol. The predicted octanol–water partition coefficient (Wildman–Crippen LogP) is 4.14. The van der Waals surface area contributed by atoms with Crippen molar-refractivity contribution in [1.29, 1.82) is 0 Å². The van der Waals surface area contributed by atoms with Crippen LogP contribution in [-0.2, 0) is 4.74 Å². The first-order chi connectivity index (χ1) is 8.66. The third-order valence-electron chi connectivity index (χ3n) is 4.55. The smallest absolute Gasteiger partial charge is 0.0807 e. The van der Waals surface area contributed by atoms with E-state index in [1.54, 1.807) is 0 Å². The summed E-state index contributed by atoms with van der Waals surface area (Å²) in [4.78, 5) is 0. The van der Waals surface area contributed by atoms with Gasteiger partial charge in [-0.05, 0) is 38.6 Å². The highest BCUT2D eigenvalue weighted by Crippen LogP contribution is 2.33. The molecule has 1 aliphatic rings. The molecule has 1 N–H and O–H groups in total. The average Bonchev–Trinajstić information content (AvgIpc) is 2.81. The van der Waals surface area contributed by atoms with Crippen molar-refractivity contribution < 1.29 is 4.74 Å². The lowest BCUT2D eigenvalue weighted by Crippen LogP contribution is -2.49. The molecule has 2 nitrogen and oxygen atoms in total. The molecule has 1 fully saturated rings. The van der Waals surface area contributed by atoms with Gasteiger partial charge in [0.2, 0.25) is 0 Å². The van der Waals surface area contributed by atoms with Gasteiger partial charge in [0.15, 0.2) is 0 Å². The van der Waals surface area contributed by atoms with Crippen molar-refractivity contribution in [3.63, 3.8) is 0 Å². The van der Waals surface area contributed by atoms with Gasteiger partial charge in [0.1, 0.15) is 0 Å². The van der Waals surface area contributed by atoms with Gasteiger partial charge in [-0.2, -0.15) is 0 Å². The molecule has 0 amide bonds. The highest BCUT2D eigenvalue weighted by Gasteiger charge is 2.38. The lowest BCUT2D eigenvalue weighted by Gasteiger charge is -2.36. The lowest BCUT2D eigenvalue weighted by molar-refractivity contribution is -0.0182. The van der Waals surface area contributed by atoms with Crippen molar-refractivity contribution in [2.24, 2.45) is 5.92 Å². The Labute approximate surface area is 114 Å². The Balaban J connectivity index is 2.54. The molecular weight excluding hydrogens is 222 g/mol. The maximum absolute atomic E-state index is 6.04. The van der Waals surface area contributed by atoms with Gasteiger partial charge >= 0.3 is 0 Å². The molecule has 0 radical (unpaired) electrons. The van der Waals surface area contributed by atoms with Crippen LogP contribution in [0, 0.1) is 5.92 Å². The minimum atomic E-state index is 0.0790. The largest absolute Gasteiger partial charge is 0.374 e. The van der Waals surface area contributed by atoms with Gasteiger partial charge in [-0.1, -0.05) is 46.5 Å². The fourth-order valence-corrected chi connectivity index (χ4v) is 3.19. The minimum Gasteiger partial charge on any atom is -0.374 e. The topological polar surface area (TPSA) is 21.3 Å². The Morgan fingerprint density at radius 3 is 2.56 bits per heavy atom. The fourth-order valence-electron chi connectivity index (χ4n) is 3.19. The van der Waals surface area contributed by atoms with Crippen LogP contribution in [0.4, 0.5) is 0 Å². The Morgan fingerprint density at radius 1 is 1.28 bits per heavy atom. The zero-order valence-corrected chi connectivity index (χ0v) is 12.9. The van der Waals surface area contributed by atoms with E-state index >= 15 is 0 Å². The Bertz CT molecular complexity index is 211. The maximum Gasteiger partial charge on any atom is 0.0807 e. The Morgan fingerprint density at radius 2 is 2.06 bits per heavy atom. The summed E-state index contributed by atoms with van der Waals surface area (Å²) in [6, 6.07) is 0.534. The van der Waals surface area contributed by atoms with Gasteiger partial charge in [0, 0.05) is 12.6 Å². The summed E-state index contributed by atoms with van der Waals surface area (Å²) in [6.45, 7) is 11.1. The number of rotatable bonds is 9. The molecule has 3 unspecified atom stereocenters. The van der Waals surface area contributed by atoms with Gasteiger partial charge < -0.3 is 10.1 Å². The number of ether oxygens (including phenoxy) is 1. The van der Waals surface area contributed by atoms with Crippen LogP contribution in [0.3, 0.4) is 0 Å². The molecule has 1 aliphatic heterocycles. The molecule has 18 heavy (non-hydrogen) atoms. The van der Waals surface area contributed by atoms with Crippen LogP contribution in [0.15, 0.2) is 0 Å². The summed E-state index contributed by atoms with van der Waals surface area (Å²) in [5, 5.41) is 3.68. The molecular formula is C16H33NO. The normalized spacial score (nSPS) is 27.3.